The Morgan fingerprint density at radius 1 is 1.37 bits per heavy atom. The van der Waals surface area contributed by atoms with Crippen LogP contribution in [-0.2, 0) is 0 Å². The monoisotopic (exact) mass is 261 g/mol. The zero-order valence-electron chi connectivity index (χ0n) is 10.6. The molecule has 0 saturated carbocycles. The Balaban J connectivity index is 1.79. The second-order valence-corrected chi connectivity index (χ2v) is 4.37. The van der Waals surface area contributed by atoms with Crippen LogP contribution < -0.4 is 15.2 Å². The lowest BCUT2D eigenvalue weighted by atomic mass is 10.2. The third kappa shape index (κ3) is 2.26. The van der Waals surface area contributed by atoms with Crippen LogP contribution in [0.25, 0.3) is 0 Å². The number of nitrogens with two attached hydrogens (primary N) is 1. The molecule has 1 aliphatic heterocycles. The van der Waals surface area contributed by atoms with Gasteiger partial charge in [-0.25, -0.2) is 0 Å². The highest BCUT2D eigenvalue weighted by Gasteiger charge is 2.28. The van der Waals surface area contributed by atoms with Crippen molar-refractivity contribution in [3.05, 3.63) is 36.0 Å². The van der Waals surface area contributed by atoms with Gasteiger partial charge in [0.2, 0.25) is 6.10 Å². The Labute approximate surface area is 110 Å². The summed E-state index contributed by atoms with van der Waals surface area (Å²) >= 11 is 0. The van der Waals surface area contributed by atoms with Crippen LogP contribution in [0.5, 0.6) is 11.5 Å². The summed E-state index contributed by atoms with van der Waals surface area (Å²) in [4.78, 5) is 4.27. The summed E-state index contributed by atoms with van der Waals surface area (Å²) in [6.07, 6.45) is 0.365. The molecule has 0 bridgehead atoms. The molecule has 100 valence electrons. The number of fused-ring (bicyclic) bond motifs is 1. The Hall–Kier alpha value is -2.08. The molecular formula is C13H15N3O3. The first kappa shape index (κ1) is 12.0. The first-order valence-corrected chi connectivity index (χ1v) is 6.25. The number of ether oxygens (including phenoxy) is 2. The van der Waals surface area contributed by atoms with Gasteiger partial charge in [0, 0.05) is 0 Å². The topological polar surface area (TPSA) is 83.4 Å². The minimum atomic E-state index is -0.389. The maximum atomic E-state index is 5.86. The molecule has 2 unspecified atom stereocenters. The zero-order valence-corrected chi connectivity index (χ0v) is 10.6. The van der Waals surface area contributed by atoms with Crippen molar-refractivity contribution in [2.45, 2.75) is 25.5 Å². The number of para-hydroxylation sites is 2. The number of hydrogen-bond donors (Lipinski definition) is 1. The van der Waals surface area contributed by atoms with Gasteiger partial charge in [-0.3, -0.25) is 0 Å². The molecule has 1 aromatic carbocycles. The van der Waals surface area contributed by atoms with Crippen molar-refractivity contribution in [1.29, 1.82) is 0 Å². The molecule has 0 aliphatic carbocycles. The smallest absolute Gasteiger partial charge is 0.271 e. The molecule has 0 amide bonds. The van der Waals surface area contributed by atoms with E-state index in [2.05, 4.69) is 10.1 Å². The molecule has 3 rings (SSSR count). The molecule has 2 heterocycles. The van der Waals surface area contributed by atoms with E-state index in [0.717, 1.165) is 12.2 Å². The quantitative estimate of drug-likeness (QED) is 0.909. The average molecular weight is 261 g/mol. The molecular weight excluding hydrogens is 246 g/mol. The summed E-state index contributed by atoms with van der Waals surface area (Å²) in [6, 6.07) is 7.27. The number of nitrogens with zero attached hydrogens (tertiary/aromatic N) is 2. The van der Waals surface area contributed by atoms with E-state index in [1.807, 2.05) is 31.2 Å². The number of rotatable bonds is 3. The van der Waals surface area contributed by atoms with Crippen LogP contribution in [0.4, 0.5) is 0 Å². The van der Waals surface area contributed by atoms with E-state index in [9.17, 15) is 0 Å². The van der Waals surface area contributed by atoms with E-state index >= 15 is 0 Å². The fourth-order valence-electron chi connectivity index (χ4n) is 1.85. The van der Waals surface area contributed by atoms with E-state index in [-0.39, 0.29) is 12.1 Å². The van der Waals surface area contributed by atoms with Gasteiger partial charge in [-0.05, 0) is 18.6 Å². The third-order valence-corrected chi connectivity index (χ3v) is 3.01. The van der Waals surface area contributed by atoms with Crippen molar-refractivity contribution in [3.8, 4) is 11.5 Å². The standard InChI is InChI=1S/C13H15N3O3/c1-2-8(14)12-15-13(19-16-12)11-7-17-9-5-3-4-6-10(9)18-11/h3-6,8,11H,2,7,14H2,1H3. The molecule has 6 nitrogen and oxygen atoms in total. The molecule has 1 aliphatic rings. The fraction of sp³-hybridized carbons (Fsp3) is 0.385. The zero-order chi connectivity index (χ0) is 13.2. The van der Waals surface area contributed by atoms with Gasteiger partial charge < -0.3 is 19.7 Å². The van der Waals surface area contributed by atoms with Gasteiger partial charge >= 0.3 is 0 Å². The Bertz CT molecular complexity index is 570. The van der Waals surface area contributed by atoms with Gasteiger partial charge in [0.25, 0.3) is 5.89 Å². The second-order valence-electron chi connectivity index (χ2n) is 4.37. The van der Waals surface area contributed by atoms with E-state index in [1.165, 1.54) is 0 Å². The molecule has 19 heavy (non-hydrogen) atoms. The van der Waals surface area contributed by atoms with Gasteiger partial charge in [-0.1, -0.05) is 24.2 Å². The van der Waals surface area contributed by atoms with Crippen molar-refractivity contribution < 1.29 is 14.0 Å². The normalized spacial score (nSPS) is 19.2. The SMILES string of the molecule is CCC(N)c1noc(C2COc3ccccc3O2)n1. The van der Waals surface area contributed by atoms with Gasteiger partial charge in [0.05, 0.1) is 6.04 Å². The van der Waals surface area contributed by atoms with E-state index in [1.54, 1.807) is 0 Å². The molecule has 6 heteroatoms. The van der Waals surface area contributed by atoms with Crippen LogP contribution in [0.15, 0.2) is 28.8 Å². The third-order valence-electron chi connectivity index (χ3n) is 3.01. The highest BCUT2D eigenvalue weighted by Crippen LogP contribution is 2.35. The Kier molecular flexibility index (Phi) is 3.08. The van der Waals surface area contributed by atoms with Crippen molar-refractivity contribution >= 4 is 0 Å². The van der Waals surface area contributed by atoms with Crippen LogP contribution in [-0.4, -0.2) is 16.7 Å². The lowest BCUT2D eigenvalue weighted by molar-refractivity contribution is 0.0665. The van der Waals surface area contributed by atoms with Crippen LogP contribution in [0, 0.1) is 0 Å². The summed E-state index contributed by atoms with van der Waals surface area (Å²) in [6.45, 7) is 2.32. The molecule has 2 atom stereocenters. The maximum absolute atomic E-state index is 5.86. The van der Waals surface area contributed by atoms with Gasteiger partial charge in [-0.2, -0.15) is 4.98 Å². The largest absolute Gasteiger partial charge is 0.485 e. The molecule has 0 fully saturated rings. The van der Waals surface area contributed by atoms with E-state index < -0.39 is 0 Å². The summed E-state index contributed by atoms with van der Waals surface area (Å²) in [5.41, 5.74) is 5.86. The highest BCUT2D eigenvalue weighted by atomic mass is 16.6. The molecule has 0 spiro atoms. The van der Waals surface area contributed by atoms with Crippen molar-refractivity contribution in [1.82, 2.24) is 10.1 Å². The van der Waals surface area contributed by atoms with Crippen LogP contribution in [0.3, 0.4) is 0 Å². The number of hydrogen-bond acceptors (Lipinski definition) is 6. The van der Waals surface area contributed by atoms with Gasteiger partial charge in [0.15, 0.2) is 17.3 Å². The highest BCUT2D eigenvalue weighted by molar-refractivity contribution is 5.40. The molecule has 1 aromatic heterocycles. The maximum Gasteiger partial charge on any atom is 0.271 e. The van der Waals surface area contributed by atoms with Crippen molar-refractivity contribution in [3.63, 3.8) is 0 Å². The van der Waals surface area contributed by atoms with Crippen molar-refractivity contribution in [2.24, 2.45) is 5.73 Å². The fourth-order valence-corrected chi connectivity index (χ4v) is 1.85. The minimum absolute atomic E-state index is 0.214. The number of benzene rings is 1. The van der Waals surface area contributed by atoms with Crippen LogP contribution in [0.2, 0.25) is 0 Å². The lowest BCUT2D eigenvalue weighted by Gasteiger charge is -2.23. The average Bonchev–Trinajstić information content (AvgIpc) is 2.95. The first-order chi connectivity index (χ1) is 9.28. The minimum Gasteiger partial charge on any atom is -0.485 e. The first-order valence-electron chi connectivity index (χ1n) is 6.25. The second kappa shape index (κ2) is 4.89. The molecule has 2 N–H and O–H groups in total. The summed E-state index contributed by atoms with van der Waals surface area (Å²) in [5, 5.41) is 3.87. The van der Waals surface area contributed by atoms with E-state index in [0.29, 0.717) is 24.1 Å². The Morgan fingerprint density at radius 3 is 2.95 bits per heavy atom. The van der Waals surface area contributed by atoms with Gasteiger partial charge in [0.1, 0.15) is 6.61 Å². The number of aromatic nitrogens is 2. The van der Waals surface area contributed by atoms with E-state index in [4.69, 9.17) is 19.7 Å². The van der Waals surface area contributed by atoms with Crippen molar-refractivity contribution in [2.75, 3.05) is 6.61 Å². The predicted molar refractivity (Wildman–Crippen MR) is 66.8 cm³/mol. The van der Waals surface area contributed by atoms with Crippen LogP contribution in [0.1, 0.15) is 37.2 Å². The molecule has 0 saturated heterocycles. The summed E-state index contributed by atoms with van der Waals surface area (Å²) in [5.74, 6) is 2.30. The lowest BCUT2D eigenvalue weighted by Crippen LogP contribution is -2.22. The van der Waals surface area contributed by atoms with Crippen LogP contribution >= 0.6 is 0 Å². The molecule has 0 radical (unpaired) electrons. The summed E-state index contributed by atoms with van der Waals surface area (Å²) < 4.78 is 16.6. The predicted octanol–water partition coefficient (Wildman–Crippen LogP) is 1.99. The Morgan fingerprint density at radius 2 is 2.16 bits per heavy atom. The molecule has 2 aromatic rings. The summed E-state index contributed by atoms with van der Waals surface area (Å²) in [7, 11) is 0. The van der Waals surface area contributed by atoms with Gasteiger partial charge in [-0.15, -0.1) is 0 Å².